The van der Waals surface area contributed by atoms with Gasteiger partial charge in [0.2, 0.25) is 5.91 Å². The molecule has 0 atom stereocenters. The van der Waals surface area contributed by atoms with Crippen LogP contribution in [-0.2, 0) is 10.2 Å². The molecule has 2 aromatic carbocycles. The first kappa shape index (κ1) is 20.4. The molecule has 0 heterocycles. The zero-order valence-electron chi connectivity index (χ0n) is 16.7. The second-order valence-corrected chi connectivity index (χ2v) is 6.95. The minimum Gasteiger partial charge on any atom is -0.495 e. The molecule has 8 nitrogen and oxygen atoms in total. The van der Waals surface area contributed by atoms with Crippen LogP contribution in [0.3, 0.4) is 0 Å². The number of nitrogens with zero attached hydrogens (tertiary/aromatic N) is 1. The summed E-state index contributed by atoms with van der Waals surface area (Å²) < 4.78 is 16.0. The van der Waals surface area contributed by atoms with Crippen molar-refractivity contribution in [1.29, 1.82) is 0 Å². The highest BCUT2D eigenvalue weighted by Crippen LogP contribution is 2.45. The van der Waals surface area contributed by atoms with E-state index in [9.17, 15) is 14.9 Å². The summed E-state index contributed by atoms with van der Waals surface area (Å²) in [6, 6.07) is 9.62. The second-order valence-electron chi connectivity index (χ2n) is 6.95. The lowest BCUT2D eigenvalue weighted by molar-refractivity contribution is -0.384. The van der Waals surface area contributed by atoms with Gasteiger partial charge < -0.3 is 19.5 Å². The molecule has 0 radical (unpaired) electrons. The Bertz CT molecular complexity index is 921. The van der Waals surface area contributed by atoms with E-state index in [1.54, 1.807) is 20.3 Å². The van der Waals surface area contributed by atoms with Gasteiger partial charge in [-0.2, -0.15) is 0 Å². The molecule has 1 amide bonds. The summed E-state index contributed by atoms with van der Waals surface area (Å²) in [6.07, 6.45) is 3.17. The molecule has 0 bridgehead atoms. The second kappa shape index (κ2) is 8.38. The van der Waals surface area contributed by atoms with Crippen LogP contribution in [0.15, 0.2) is 36.4 Å². The molecule has 3 rings (SSSR count). The number of carbonyl (C=O) groups excluding carboxylic acids is 1. The normalized spacial score (nSPS) is 14.9. The molecule has 8 heteroatoms. The summed E-state index contributed by atoms with van der Waals surface area (Å²) in [5.74, 6) is 1.28. The van der Waals surface area contributed by atoms with E-state index in [4.69, 9.17) is 14.2 Å². The molecule has 1 N–H and O–H groups in total. The maximum Gasteiger partial charge on any atom is 0.271 e. The van der Waals surface area contributed by atoms with Crippen molar-refractivity contribution in [2.45, 2.75) is 31.1 Å². The average molecular weight is 400 g/mol. The van der Waals surface area contributed by atoms with E-state index >= 15 is 0 Å². The van der Waals surface area contributed by atoms with Gasteiger partial charge in [0.15, 0.2) is 11.5 Å². The predicted octanol–water partition coefficient (Wildman–Crippen LogP) is 4.07. The first-order valence-electron chi connectivity index (χ1n) is 9.31. The largest absolute Gasteiger partial charge is 0.495 e. The number of hydrogen-bond acceptors (Lipinski definition) is 6. The molecular formula is C21H24N2O6. The summed E-state index contributed by atoms with van der Waals surface area (Å²) in [6.45, 7) is 0. The van der Waals surface area contributed by atoms with Crippen LogP contribution in [0.2, 0.25) is 0 Å². The lowest BCUT2D eigenvalue weighted by Gasteiger charge is -2.29. The Balaban J connectivity index is 1.99. The molecule has 1 saturated carbocycles. The highest BCUT2D eigenvalue weighted by atomic mass is 16.6. The van der Waals surface area contributed by atoms with Crippen LogP contribution < -0.4 is 19.5 Å². The lowest BCUT2D eigenvalue weighted by atomic mass is 9.77. The highest BCUT2D eigenvalue weighted by Gasteiger charge is 2.43. The Morgan fingerprint density at radius 2 is 1.59 bits per heavy atom. The van der Waals surface area contributed by atoms with Gasteiger partial charge in [-0.15, -0.1) is 0 Å². The Labute approximate surface area is 168 Å². The van der Waals surface area contributed by atoms with Crippen LogP contribution in [-0.4, -0.2) is 32.2 Å². The van der Waals surface area contributed by atoms with E-state index < -0.39 is 10.3 Å². The minimum atomic E-state index is -0.755. The summed E-state index contributed by atoms with van der Waals surface area (Å²) in [5.41, 5.74) is 0.232. The van der Waals surface area contributed by atoms with Crippen LogP contribution >= 0.6 is 0 Å². The number of nitrogens with one attached hydrogen (secondary N) is 1. The van der Waals surface area contributed by atoms with E-state index in [2.05, 4.69) is 5.32 Å². The van der Waals surface area contributed by atoms with Crippen LogP contribution in [0.5, 0.6) is 17.2 Å². The first-order valence-corrected chi connectivity index (χ1v) is 9.31. The number of hydrogen-bond donors (Lipinski definition) is 1. The van der Waals surface area contributed by atoms with Gasteiger partial charge in [-0.3, -0.25) is 14.9 Å². The van der Waals surface area contributed by atoms with Gasteiger partial charge in [-0.05, 0) is 36.6 Å². The van der Waals surface area contributed by atoms with E-state index in [-0.39, 0.29) is 17.3 Å². The number of anilines is 1. The van der Waals surface area contributed by atoms with Gasteiger partial charge in [0.1, 0.15) is 5.75 Å². The Morgan fingerprint density at radius 3 is 2.17 bits per heavy atom. The van der Waals surface area contributed by atoms with Gasteiger partial charge in [-0.1, -0.05) is 18.9 Å². The monoisotopic (exact) mass is 400 g/mol. The summed E-state index contributed by atoms with van der Waals surface area (Å²) in [5, 5.41) is 14.0. The SMILES string of the molecule is COc1ccc([N+](=O)[O-])cc1NC(=O)C1(c2ccc(OC)c(OC)c2)CCCC1. The fourth-order valence-electron chi connectivity index (χ4n) is 3.91. The maximum atomic E-state index is 13.4. The van der Waals surface area contributed by atoms with Crippen molar-refractivity contribution < 1.29 is 23.9 Å². The van der Waals surface area contributed by atoms with Gasteiger partial charge >= 0.3 is 0 Å². The quantitative estimate of drug-likeness (QED) is 0.555. The first-order chi connectivity index (χ1) is 13.9. The predicted molar refractivity (Wildman–Crippen MR) is 108 cm³/mol. The van der Waals surface area contributed by atoms with Gasteiger partial charge in [0.05, 0.1) is 37.4 Å². The van der Waals surface area contributed by atoms with Crippen molar-refractivity contribution in [3.8, 4) is 17.2 Å². The molecule has 1 aliphatic carbocycles. The molecule has 0 unspecified atom stereocenters. The molecule has 154 valence electrons. The number of non-ortho nitro benzene ring substituents is 1. The number of nitro groups is 1. The molecular weight excluding hydrogens is 376 g/mol. The number of carbonyl (C=O) groups is 1. The molecule has 1 fully saturated rings. The number of amides is 1. The van der Waals surface area contributed by atoms with Crippen LogP contribution in [0.4, 0.5) is 11.4 Å². The van der Waals surface area contributed by atoms with Crippen molar-refractivity contribution >= 4 is 17.3 Å². The van der Waals surface area contributed by atoms with Gasteiger partial charge in [0, 0.05) is 12.1 Å². The van der Waals surface area contributed by atoms with E-state index in [0.717, 1.165) is 18.4 Å². The van der Waals surface area contributed by atoms with E-state index in [1.807, 2.05) is 12.1 Å². The fraction of sp³-hybridized carbons (Fsp3) is 0.381. The zero-order chi connectivity index (χ0) is 21.0. The lowest BCUT2D eigenvalue weighted by Crippen LogP contribution is -2.38. The van der Waals surface area contributed by atoms with E-state index in [0.29, 0.717) is 30.1 Å². The third-order valence-electron chi connectivity index (χ3n) is 5.47. The highest BCUT2D eigenvalue weighted by molar-refractivity contribution is 6.00. The van der Waals surface area contributed by atoms with Crippen molar-refractivity contribution in [3.05, 3.63) is 52.1 Å². The van der Waals surface area contributed by atoms with Crippen LogP contribution in [0, 0.1) is 10.1 Å². The zero-order valence-corrected chi connectivity index (χ0v) is 16.7. The summed E-state index contributed by atoms with van der Waals surface area (Å²) >= 11 is 0. The van der Waals surface area contributed by atoms with Crippen LogP contribution in [0.1, 0.15) is 31.2 Å². The minimum absolute atomic E-state index is 0.118. The molecule has 1 aliphatic rings. The summed E-state index contributed by atoms with van der Waals surface area (Å²) in [7, 11) is 4.57. The standard InChI is InChI=1S/C21H24N2O6/c1-27-17-9-7-15(23(25)26)13-16(17)22-20(24)21(10-4-5-11-21)14-6-8-18(28-2)19(12-14)29-3/h6-9,12-13H,4-5,10-11H2,1-3H3,(H,22,24). The average Bonchev–Trinajstić information content (AvgIpc) is 3.24. The molecule has 0 aromatic heterocycles. The molecule has 29 heavy (non-hydrogen) atoms. The summed E-state index contributed by atoms with van der Waals surface area (Å²) in [4.78, 5) is 24.1. The van der Waals surface area contributed by atoms with Crippen molar-refractivity contribution in [1.82, 2.24) is 0 Å². The van der Waals surface area contributed by atoms with Gasteiger partial charge in [0.25, 0.3) is 5.69 Å². The number of benzene rings is 2. The smallest absolute Gasteiger partial charge is 0.271 e. The third-order valence-corrected chi connectivity index (χ3v) is 5.47. The Hall–Kier alpha value is -3.29. The number of rotatable bonds is 7. The number of ether oxygens (including phenoxy) is 3. The molecule has 0 spiro atoms. The number of methoxy groups -OCH3 is 3. The van der Waals surface area contributed by atoms with Crippen molar-refractivity contribution in [3.63, 3.8) is 0 Å². The molecule has 2 aromatic rings. The van der Waals surface area contributed by atoms with Crippen molar-refractivity contribution in [2.75, 3.05) is 26.6 Å². The molecule has 0 aliphatic heterocycles. The van der Waals surface area contributed by atoms with Crippen molar-refractivity contribution in [2.24, 2.45) is 0 Å². The topological polar surface area (TPSA) is 99.9 Å². The van der Waals surface area contributed by atoms with Crippen LogP contribution in [0.25, 0.3) is 0 Å². The number of nitro benzene ring substituents is 1. The Kier molecular flexibility index (Phi) is 5.91. The van der Waals surface area contributed by atoms with Gasteiger partial charge in [-0.25, -0.2) is 0 Å². The third kappa shape index (κ3) is 3.83. The van der Waals surface area contributed by atoms with E-state index in [1.165, 1.54) is 25.3 Å². The fourth-order valence-corrected chi connectivity index (χ4v) is 3.91. The Morgan fingerprint density at radius 1 is 0.966 bits per heavy atom. The maximum absolute atomic E-state index is 13.4. The molecule has 0 saturated heterocycles.